The molecule has 1 aromatic rings. The predicted molar refractivity (Wildman–Crippen MR) is 60.2 cm³/mol. The van der Waals surface area contributed by atoms with E-state index in [9.17, 15) is 0 Å². The van der Waals surface area contributed by atoms with Crippen LogP contribution in [0.1, 0.15) is 18.6 Å². The van der Waals surface area contributed by atoms with Gasteiger partial charge in [0.25, 0.3) is 0 Å². The zero-order chi connectivity index (χ0) is 11.3. The van der Waals surface area contributed by atoms with Crippen molar-refractivity contribution in [2.24, 2.45) is 0 Å². The summed E-state index contributed by atoms with van der Waals surface area (Å²) in [5.41, 5.74) is -0.0646. The average Bonchev–Trinajstić information content (AvgIpc) is 2.83. The van der Waals surface area contributed by atoms with E-state index in [4.69, 9.17) is 13.9 Å². The molecule has 1 aliphatic heterocycles. The van der Waals surface area contributed by atoms with Gasteiger partial charge in [0, 0.05) is 39.7 Å². The molecule has 1 aromatic heterocycles. The summed E-state index contributed by atoms with van der Waals surface area (Å²) in [4.78, 5) is 0. The summed E-state index contributed by atoms with van der Waals surface area (Å²) < 4.78 is 16.2. The average molecular weight is 225 g/mol. The highest BCUT2D eigenvalue weighted by Gasteiger charge is 2.31. The number of nitrogens with one attached hydrogen (secondary N) is 1. The van der Waals surface area contributed by atoms with Gasteiger partial charge in [-0.05, 0) is 12.1 Å². The molecule has 2 rings (SSSR count). The van der Waals surface area contributed by atoms with E-state index in [-0.39, 0.29) is 5.60 Å². The lowest BCUT2D eigenvalue weighted by Crippen LogP contribution is -2.46. The van der Waals surface area contributed by atoms with Crippen LogP contribution in [0.2, 0.25) is 0 Å². The van der Waals surface area contributed by atoms with E-state index in [0.717, 1.165) is 44.9 Å². The molecule has 1 aliphatic rings. The quantitative estimate of drug-likeness (QED) is 0.826. The SMILES string of the molecule is COC1(CNCc2ccco2)CCOCC1. The van der Waals surface area contributed by atoms with Gasteiger partial charge in [-0.3, -0.25) is 0 Å². The van der Waals surface area contributed by atoms with Crippen molar-refractivity contribution in [3.8, 4) is 0 Å². The van der Waals surface area contributed by atoms with E-state index >= 15 is 0 Å². The molecule has 0 aliphatic carbocycles. The largest absolute Gasteiger partial charge is 0.468 e. The van der Waals surface area contributed by atoms with Gasteiger partial charge in [0.15, 0.2) is 0 Å². The molecule has 16 heavy (non-hydrogen) atoms. The fraction of sp³-hybridized carbons (Fsp3) is 0.667. The summed E-state index contributed by atoms with van der Waals surface area (Å²) in [7, 11) is 1.78. The number of hydrogen-bond acceptors (Lipinski definition) is 4. The zero-order valence-electron chi connectivity index (χ0n) is 9.70. The summed E-state index contributed by atoms with van der Waals surface area (Å²) in [6.45, 7) is 3.17. The van der Waals surface area contributed by atoms with E-state index in [2.05, 4.69) is 5.32 Å². The molecule has 90 valence electrons. The molecule has 0 bridgehead atoms. The highest BCUT2D eigenvalue weighted by molar-refractivity contribution is 4.98. The van der Waals surface area contributed by atoms with Crippen molar-refractivity contribution in [1.29, 1.82) is 0 Å². The Kier molecular flexibility index (Phi) is 3.98. The maximum Gasteiger partial charge on any atom is 0.117 e. The first-order valence-corrected chi connectivity index (χ1v) is 5.71. The maximum absolute atomic E-state index is 5.63. The second-order valence-corrected chi connectivity index (χ2v) is 4.18. The van der Waals surface area contributed by atoms with E-state index < -0.39 is 0 Å². The van der Waals surface area contributed by atoms with E-state index in [1.807, 2.05) is 12.1 Å². The highest BCUT2D eigenvalue weighted by Crippen LogP contribution is 2.23. The molecule has 0 saturated carbocycles. The Morgan fingerprint density at radius 3 is 2.88 bits per heavy atom. The fourth-order valence-electron chi connectivity index (χ4n) is 2.02. The number of ether oxygens (including phenoxy) is 2. The molecule has 1 saturated heterocycles. The number of hydrogen-bond donors (Lipinski definition) is 1. The van der Waals surface area contributed by atoms with Crippen LogP contribution in [-0.4, -0.2) is 32.5 Å². The second kappa shape index (κ2) is 5.48. The molecule has 1 N–H and O–H groups in total. The van der Waals surface area contributed by atoms with Gasteiger partial charge in [0.2, 0.25) is 0 Å². The third-order valence-corrected chi connectivity index (χ3v) is 3.16. The molecule has 0 atom stereocenters. The Morgan fingerprint density at radius 1 is 1.44 bits per heavy atom. The Morgan fingerprint density at radius 2 is 2.25 bits per heavy atom. The van der Waals surface area contributed by atoms with Crippen LogP contribution in [0.5, 0.6) is 0 Å². The van der Waals surface area contributed by atoms with Crippen LogP contribution in [0.15, 0.2) is 22.8 Å². The lowest BCUT2D eigenvalue weighted by molar-refractivity contribution is -0.0878. The first-order valence-electron chi connectivity index (χ1n) is 5.71. The van der Waals surface area contributed by atoms with Gasteiger partial charge in [0.05, 0.1) is 18.4 Å². The monoisotopic (exact) mass is 225 g/mol. The summed E-state index contributed by atoms with van der Waals surface area (Å²) in [5.74, 6) is 0.957. The first kappa shape index (κ1) is 11.6. The van der Waals surface area contributed by atoms with Crippen LogP contribution in [0.25, 0.3) is 0 Å². The smallest absolute Gasteiger partial charge is 0.117 e. The molecule has 0 spiro atoms. The minimum atomic E-state index is -0.0646. The van der Waals surface area contributed by atoms with Gasteiger partial charge in [-0.2, -0.15) is 0 Å². The lowest BCUT2D eigenvalue weighted by Gasteiger charge is -2.36. The van der Waals surface area contributed by atoms with Crippen molar-refractivity contribution in [1.82, 2.24) is 5.32 Å². The van der Waals surface area contributed by atoms with Gasteiger partial charge in [-0.25, -0.2) is 0 Å². The second-order valence-electron chi connectivity index (χ2n) is 4.18. The fourth-order valence-corrected chi connectivity index (χ4v) is 2.02. The third kappa shape index (κ3) is 2.84. The number of rotatable bonds is 5. The van der Waals surface area contributed by atoms with Gasteiger partial charge in [-0.15, -0.1) is 0 Å². The summed E-state index contributed by atoms with van der Waals surface area (Å²) in [5, 5.41) is 3.37. The van der Waals surface area contributed by atoms with Crippen molar-refractivity contribution in [2.75, 3.05) is 26.9 Å². The van der Waals surface area contributed by atoms with Crippen LogP contribution < -0.4 is 5.32 Å². The van der Waals surface area contributed by atoms with Crippen molar-refractivity contribution < 1.29 is 13.9 Å². The van der Waals surface area contributed by atoms with E-state index in [1.165, 1.54) is 0 Å². The zero-order valence-corrected chi connectivity index (χ0v) is 9.70. The molecule has 1 fully saturated rings. The van der Waals surface area contributed by atoms with Crippen LogP contribution in [-0.2, 0) is 16.0 Å². The molecular formula is C12H19NO3. The highest BCUT2D eigenvalue weighted by atomic mass is 16.5. The Balaban J connectivity index is 1.78. The predicted octanol–water partition coefficient (Wildman–Crippen LogP) is 1.56. The van der Waals surface area contributed by atoms with E-state index in [0.29, 0.717) is 0 Å². The van der Waals surface area contributed by atoms with Crippen molar-refractivity contribution in [3.63, 3.8) is 0 Å². The van der Waals surface area contributed by atoms with Gasteiger partial charge in [0.1, 0.15) is 5.76 Å². The molecular weight excluding hydrogens is 206 g/mol. The molecule has 4 nitrogen and oxygen atoms in total. The normalized spacial score (nSPS) is 19.8. The minimum Gasteiger partial charge on any atom is -0.468 e. The van der Waals surface area contributed by atoms with Crippen LogP contribution in [0, 0.1) is 0 Å². The van der Waals surface area contributed by atoms with Crippen molar-refractivity contribution in [3.05, 3.63) is 24.2 Å². The van der Waals surface area contributed by atoms with Crippen molar-refractivity contribution >= 4 is 0 Å². The van der Waals surface area contributed by atoms with E-state index in [1.54, 1.807) is 13.4 Å². The lowest BCUT2D eigenvalue weighted by atomic mass is 9.94. The Hall–Kier alpha value is -0.840. The molecule has 0 aromatic carbocycles. The summed E-state index contributed by atoms with van der Waals surface area (Å²) >= 11 is 0. The summed E-state index contributed by atoms with van der Waals surface area (Å²) in [6, 6.07) is 3.87. The van der Waals surface area contributed by atoms with Crippen LogP contribution in [0.4, 0.5) is 0 Å². The maximum atomic E-state index is 5.63. The van der Waals surface area contributed by atoms with Crippen LogP contribution >= 0.6 is 0 Å². The Bertz CT molecular complexity index is 291. The molecule has 0 unspecified atom stereocenters. The summed E-state index contributed by atoms with van der Waals surface area (Å²) in [6.07, 6.45) is 3.60. The molecule has 0 amide bonds. The minimum absolute atomic E-state index is 0.0646. The van der Waals surface area contributed by atoms with Gasteiger partial charge >= 0.3 is 0 Å². The van der Waals surface area contributed by atoms with Gasteiger partial charge < -0.3 is 19.2 Å². The van der Waals surface area contributed by atoms with Gasteiger partial charge in [-0.1, -0.05) is 0 Å². The van der Waals surface area contributed by atoms with Crippen LogP contribution in [0.3, 0.4) is 0 Å². The Labute approximate surface area is 95.9 Å². The standard InChI is InChI=1S/C12H19NO3/c1-14-12(4-7-15-8-5-12)10-13-9-11-3-2-6-16-11/h2-3,6,13H,4-5,7-10H2,1H3. The molecule has 0 radical (unpaired) electrons. The third-order valence-electron chi connectivity index (χ3n) is 3.16. The number of furan rings is 1. The number of methoxy groups -OCH3 is 1. The molecule has 4 heteroatoms. The first-order chi connectivity index (χ1) is 7.85. The topological polar surface area (TPSA) is 43.6 Å². The van der Waals surface area contributed by atoms with Crippen molar-refractivity contribution in [2.45, 2.75) is 25.0 Å². The molecule has 2 heterocycles.